The minimum atomic E-state index is -1.18. The van der Waals surface area contributed by atoms with Gasteiger partial charge in [-0.3, -0.25) is 4.90 Å². The fraction of sp³-hybridized carbons (Fsp3) is 0.136. The SMILES string of the molecule is COC(=O)c1cc(C(=O)O)ccc1N(Cc1ccccc1)C(=O)NCc1cccs1. The number of carbonyl (C=O) groups is 3. The number of carboxylic acid groups (broad SMARTS) is 1. The Balaban J connectivity index is 1.98. The summed E-state index contributed by atoms with van der Waals surface area (Å²) >= 11 is 1.52. The van der Waals surface area contributed by atoms with Gasteiger partial charge in [-0.1, -0.05) is 36.4 Å². The quantitative estimate of drug-likeness (QED) is 0.556. The molecule has 30 heavy (non-hydrogen) atoms. The third-order valence-corrected chi connectivity index (χ3v) is 5.24. The third-order valence-electron chi connectivity index (χ3n) is 4.36. The van der Waals surface area contributed by atoms with Crippen LogP contribution in [0.2, 0.25) is 0 Å². The molecular formula is C22H20N2O5S. The van der Waals surface area contributed by atoms with E-state index in [2.05, 4.69) is 5.32 Å². The van der Waals surface area contributed by atoms with E-state index in [9.17, 15) is 19.5 Å². The molecule has 1 aromatic heterocycles. The maximum absolute atomic E-state index is 13.1. The molecule has 0 atom stereocenters. The average Bonchev–Trinajstić information content (AvgIpc) is 3.29. The Labute approximate surface area is 177 Å². The second-order valence-electron chi connectivity index (χ2n) is 6.34. The normalized spacial score (nSPS) is 10.3. The third kappa shape index (κ3) is 5.03. The molecule has 154 valence electrons. The van der Waals surface area contributed by atoms with E-state index in [4.69, 9.17) is 4.74 Å². The average molecular weight is 424 g/mol. The Bertz CT molecular complexity index is 1030. The van der Waals surface area contributed by atoms with Gasteiger partial charge in [0.15, 0.2) is 0 Å². The molecule has 1 heterocycles. The second-order valence-corrected chi connectivity index (χ2v) is 7.37. The molecule has 0 fully saturated rings. The van der Waals surface area contributed by atoms with Crippen LogP contribution in [0.3, 0.4) is 0 Å². The van der Waals surface area contributed by atoms with E-state index in [1.165, 1.54) is 41.5 Å². The molecule has 2 amide bonds. The molecule has 0 aliphatic carbocycles. The number of hydrogen-bond donors (Lipinski definition) is 2. The highest BCUT2D eigenvalue weighted by atomic mass is 32.1. The van der Waals surface area contributed by atoms with Gasteiger partial charge in [-0.25, -0.2) is 14.4 Å². The Morgan fingerprint density at radius 3 is 2.47 bits per heavy atom. The fourth-order valence-corrected chi connectivity index (χ4v) is 3.53. The molecule has 0 saturated heterocycles. The zero-order chi connectivity index (χ0) is 21.5. The summed E-state index contributed by atoms with van der Waals surface area (Å²) in [6.07, 6.45) is 0. The summed E-state index contributed by atoms with van der Waals surface area (Å²) < 4.78 is 4.82. The number of thiophene rings is 1. The first-order valence-electron chi connectivity index (χ1n) is 9.07. The van der Waals surface area contributed by atoms with Gasteiger partial charge in [-0.05, 0) is 35.2 Å². The van der Waals surface area contributed by atoms with Gasteiger partial charge in [0.2, 0.25) is 0 Å². The minimum absolute atomic E-state index is 0.000366. The molecule has 0 aliphatic heterocycles. The summed E-state index contributed by atoms with van der Waals surface area (Å²) in [5.74, 6) is -1.90. The minimum Gasteiger partial charge on any atom is -0.478 e. The van der Waals surface area contributed by atoms with Crippen molar-refractivity contribution in [2.75, 3.05) is 12.0 Å². The number of nitrogens with one attached hydrogen (secondary N) is 1. The van der Waals surface area contributed by atoms with Crippen LogP contribution in [0.25, 0.3) is 0 Å². The molecule has 8 heteroatoms. The number of hydrogen-bond acceptors (Lipinski definition) is 5. The van der Waals surface area contributed by atoms with Crippen molar-refractivity contribution in [3.05, 3.63) is 87.6 Å². The predicted molar refractivity (Wildman–Crippen MR) is 114 cm³/mol. The van der Waals surface area contributed by atoms with Crippen LogP contribution in [0.1, 0.15) is 31.2 Å². The highest BCUT2D eigenvalue weighted by Gasteiger charge is 2.24. The Morgan fingerprint density at radius 2 is 1.83 bits per heavy atom. The molecule has 3 aromatic rings. The van der Waals surface area contributed by atoms with Gasteiger partial charge in [0.05, 0.1) is 37.0 Å². The number of carbonyl (C=O) groups excluding carboxylic acids is 2. The lowest BCUT2D eigenvalue weighted by molar-refractivity contribution is 0.0601. The van der Waals surface area contributed by atoms with Crippen molar-refractivity contribution in [2.45, 2.75) is 13.1 Å². The number of ether oxygens (including phenoxy) is 1. The Kier molecular flexibility index (Phi) is 6.82. The van der Waals surface area contributed by atoms with E-state index in [1.807, 2.05) is 47.8 Å². The van der Waals surface area contributed by atoms with Gasteiger partial charge in [-0.2, -0.15) is 0 Å². The van der Waals surface area contributed by atoms with Gasteiger partial charge in [0.1, 0.15) is 0 Å². The molecule has 2 N–H and O–H groups in total. The van der Waals surface area contributed by atoms with E-state index < -0.39 is 18.0 Å². The number of benzene rings is 2. The zero-order valence-corrected chi connectivity index (χ0v) is 17.0. The maximum Gasteiger partial charge on any atom is 0.340 e. The van der Waals surface area contributed by atoms with Crippen LogP contribution in [-0.2, 0) is 17.8 Å². The number of urea groups is 1. The van der Waals surface area contributed by atoms with Crippen LogP contribution in [-0.4, -0.2) is 30.2 Å². The van der Waals surface area contributed by atoms with Gasteiger partial charge in [0, 0.05) is 4.88 Å². The van der Waals surface area contributed by atoms with E-state index in [0.29, 0.717) is 6.54 Å². The van der Waals surface area contributed by atoms with E-state index in [-0.39, 0.29) is 23.4 Å². The van der Waals surface area contributed by atoms with Crippen LogP contribution >= 0.6 is 11.3 Å². The molecule has 0 radical (unpaired) electrons. The predicted octanol–water partition coefficient (Wildman–Crippen LogP) is 4.15. The van der Waals surface area contributed by atoms with E-state index >= 15 is 0 Å². The standard InChI is InChI=1S/C22H20N2O5S/c1-29-21(27)18-12-16(20(25)26)9-10-19(18)24(14-15-6-3-2-4-7-15)22(28)23-13-17-8-5-11-30-17/h2-12H,13-14H2,1H3,(H,23,28)(H,25,26). The molecule has 0 aliphatic rings. The first-order valence-corrected chi connectivity index (χ1v) is 9.95. The first-order chi connectivity index (χ1) is 14.5. The number of aromatic carboxylic acids is 1. The Morgan fingerprint density at radius 1 is 1.07 bits per heavy atom. The molecule has 2 aromatic carbocycles. The lowest BCUT2D eigenvalue weighted by atomic mass is 10.1. The molecule has 0 saturated carbocycles. The molecule has 0 bridgehead atoms. The van der Waals surface area contributed by atoms with Crippen LogP contribution in [0.15, 0.2) is 66.0 Å². The van der Waals surface area contributed by atoms with Crippen LogP contribution in [0, 0.1) is 0 Å². The number of esters is 1. The van der Waals surface area contributed by atoms with E-state index in [0.717, 1.165) is 10.4 Å². The summed E-state index contributed by atoms with van der Waals surface area (Å²) in [6, 6.07) is 16.7. The molecule has 0 unspecified atom stereocenters. The first kappa shape index (κ1) is 21.1. The van der Waals surface area contributed by atoms with Crippen molar-refractivity contribution in [1.82, 2.24) is 5.32 Å². The van der Waals surface area contributed by atoms with E-state index in [1.54, 1.807) is 0 Å². The van der Waals surface area contributed by atoms with Gasteiger partial charge < -0.3 is 15.2 Å². The van der Waals surface area contributed by atoms with Crippen molar-refractivity contribution >= 4 is 35.0 Å². The Hall–Kier alpha value is -3.65. The van der Waals surface area contributed by atoms with Gasteiger partial charge >= 0.3 is 18.0 Å². The largest absolute Gasteiger partial charge is 0.478 e. The van der Waals surface area contributed by atoms with Crippen molar-refractivity contribution < 1.29 is 24.2 Å². The lowest BCUT2D eigenvalue weighted by Crippen LogP contribution is -2.40. The van der Waals surface area contributed by atoms with Crippen molar-refractivity contribution in [2.24, 2.45) is 0 Å². The second kappa shape index (κ2) is 9.71. The van der Waals surface area contributed by atoms with Crippen LogP contribution in [0.5, 0.6) is 0 Å². The highest BCUT2D eigenvalue weighted by molar-refractivity contribution is 7.09. The van der Waals surface area contributed by atoms with Gasteiger partial charge in [0.25, 0.3) is 0 Å². The number of amides is 2. The summed E-state index contributed by atoms with van der Waals surface area (Å²) in [5, 5.41) is 14.1. The maximum atomic E-state index is 13.1. The smallest absolute Gasteiger partial charge is 0.340 e. The number of carboxylic acids is 1. The zero-order valence-electron chi connectivity index (χ0n) is 16.2. The number of anilines is 1. The topological polar surface area (TPSA) is 95.9 Å². The molecule has 7 nitrogen and oxygen atoms in total. The van der Waals surface area contributed by atoms with Crippen molar-refractivity contribution in [3.8, 4) is 0 Å². The highest BCUT2D eigenvalue weighted by Crippen LogP contribution is 2.25. The molecule has 3 rings (SSSR count). The number of rotatable bonds is 7. The van der Waals surface area contributed by atoms with Gasteiger partial charge in [-0.15, -0.1) is 11.3 Å². The van der Waals surface area contributed by atoms with Crippen LogP contribution < -0.4 is 10.2 Å². The lowest BCUT2D eigenvalue weighted by Gasteiger charge is -2.25. The van der Waals surface area contributed by atoms with Crippen molar-refractivity contribution in [1.29, 1.82) is 0 Å². The monoisotopic (exact) mass is 424 g/mol. The fourth-order valence-electron chi connectivity index (χ4n) is 2.88. The summed E-state index contributed by atoms with van der Waals surface area (Å²) in [4.78, 5) is 39.2. The van der Waals surface area contributed by atoms with Crippen LogP contribution in [0.4, 0.5) is 10.5 Å². The number of methoxy groups -OCH3 is 1. The summed E-state index contributed by atoms with van der Waals surface area (Å²) in [5.41, 5.74) is 1.04. The number of nitrogens with zero attached hydrogens (tertiary/aromatic N) is 1. The summed E-state index contributed by atoms with van der Waals surface area (Å²) in [6.45, 7) is 0.524. The summed E-state index contributed by atoms with van der Waals surface area (Å²) in [7, 11) is 1.21. The van der Waals surface area contributed by atoms with Crippen molar-refractivity contribution in [3.63, 3.8) is 0 Å². The molecular weight excluding hydrogens is 404 g/mol. The molecule has 0 spiro atoms.